The monoisotopic (exact) mass is 241 g/mol. The molecule has 96 valence electrons. The van der Waals surface area contributed by atoms with Crippen LogP contribution in [0.3, 0.4) is 0 Å². The molecule has 0 radical (unpaired) electrons. The zero-order valence-corrected chi connectivity index (χ0v) is 10.2. The quantitative estimate of drug-likeness (QED) is 0.533. The molecule has 17 heavy (non-hydrogen) atoms. The van der Waals surface area contributed by atoms with Gasteiger partial charge >= 0.3 is 0 Å². The van der Waals surface area contributed by atoms with Crippen LogP contribution in [0.15, 0.2) is 0 Å². The van der Waals surface area contributed by atoms with E-state index in [0.717, 1.165) is 25.7 Å². The number of hydrogen-bond donors (Lipinski definition) is 0. The first-order valence-electron chi connectivity index (χ1n) is 6.28. The van der Waals surface area contributed by atoms with Gasteiger partial charge in [0.2, 0.25) is 0 Å². The summed E-state index contributed by atoms with van der Waals surface area (Å²) in [6.45, 7) is 3.31. The number of amides is 1. The molecule has 0 N–H and O–H groups in total. The van der Waals surface area contributed by atoms with Crippen LogP contribution in [0.25, 0.3) is 0 Å². The van der Waals surface area contributed by atoms with Gasteiger partial charge in [0.15, 0.2) is 5.78 Å². The molecule has 1 saturated carbocycles. The number of rotatable bonds is 5. The van der Waals surface area contributed by atoms with Gasteiger partial charge in [0.05, 0.1) is 19.6 Å². The molecule has 0 atom stereocenters. The SMILES string of the molecule is CCOCCON1C(=O)CC(=O)C12CCCC2. The number of hydroxylamine groups is 2. The summed E-state index contributed by atoms with van der Waals surface area (Å²) in [5.74, 6) is -0.176. The summed E-state index contributed by atoms with van der Waals surface area (Å²) in [5, 5.41) is 1.33. The third-order valence-corrected chi connectivity index (χ3v) is 3.53. The molecular weight excluding hydrogens is 222 g/mol. The van der Waals surface area contributed by atoms with E-state index in [1.54, 1.807) is 0 Å². The van der Waals surface area contributed by atoms with E-state index in [9.17, 15) is 9.59 Å². The summed E-state index contributed by atoms with van der Waals surface area (Å²) in [6, 6.07) is 0. The lowest BCUT2D eigenvalue weighted by Gasteiger charge is -2.31. The van der Waals surface area contributed by atoms with Crippen LogP contribution in [-0.2, 0) is 19.2 Å². The van der Waals surface area contributed by atoms with E-state index >= 15 is 0 Å². The van der Waals surface area contributed by atoms with Crippen molar-refractivity contribution in [1.29, 1.82) is 0 Å². The highest BCUT2D eigenvalue weighted by Crippen LogP contribution is 2.41. The minimum Gasteiger partial charge on any atom is -0.379 e. The fourth-order valence-corrected chi connectivity index (χ4v) is 2.69. The summed E-state index contributed by atoms with van der Waals surface area (Å²) in [5.41, 5.74) is -0.650. The lowest BCUT2D eigenvalue weighted by molar-refractivity contribution is -0.212. The van der Waals surface area contributed by atoms with Gasteiger partial charge in [-0.3, -0.25) is 14.4 Å². The molecule has 1 saturated heterocycles. The number of carbonyl (C=O) groups excluding carboxylic acids is 2. The molecule has 5 nitrogen and oxygen atoms in total. The molecule has 0 bridgehead atoms. The van der Waals surface area contributed by atoms with Crippen LogP contribution in [-0.4, -0.2) is 42.1 Å². The van der Waals surface area contributed by atoms with Crippen molar-refractivity contribution in [2.75, 3.05) is 19.8 Å². The van der Waals surface area contributed by atoms with E-state index in [4.69, 9.17) is 9.57 Å². The third kappa shape index (κ3) is 2.21. The Kier molecular flexibility index (Phi) is 3.79. The molecule has 0 unspecified atom stereocenters. The first kappa shape index (κ1) is 12.5. The zero-order chi connectivity index (χ0) is 12.3. The van der Waals surface area contributed by atoms with Gasteiger partial charge in [0.1, 0.15) is 5.54 Å². The molecule has 0 aromatic rings. The van der Waals surface area contributed by atoms with Gasteiger partial charge in [0, 0.05) is 6.61 Å². The maximum absolute atomic E-state index is 11.9. The number of Topliss-reactive ketones (excluding diaryl/α,β-unsaturated/α-hetero) is 1. The number of ketones is 1. The highest BCUT2D eigenvalue weighted by molar-refractivity contribution is 6.09. The van der Waals surface area contributed by atoms with Gasteiger partial charge in [-0.1, -0.05) is 12.8 Å². The van der Waals surface area contributed by atoms with Gasteiger partial charge in [-0.2, -0.15) is 0 Å². The number of carbonyl (C=O) groups is 2. The first-order valence-corrected chi connectivity index (χ1v) is 6.28. The standard InChI is InChI=1S/C12H19NO4/c1-2-16-7-8-17-13-11(15)9-10(14)12(13)5-3-4-6-12/h2-9H2,1H3. The van der Waals surface area contributed by atoms with E-state index in [-0.39, 0.29) is 18.1 Å². The van der Waals surface area contributed by atoms with Gasteiger partial charge in [-0.05, 0) is 19.8 Å². The van der Waals surface area contributed by atoms with E-state index in [0.29, 0.717) is 19.8 Å². The van der Waals surface area contributed by atoms with Crippen LogP contribution in [0.5, 0.6) is 0 Å². The highest BCUT2D eigenvalue weighted by atomic mass is 16.7. The lowest BCUT2D eigenvalue weighted by Crippen LogP contribution is -2.47. The second-order valence-electron chi connectivity index (χ2n) is 4.56. The molecule has 1 spiro atoms. The average Bonchev–Trinajstić information content (AvgIpc) is 2.86. The summed E-state index contributed by atoms with van der Waals surface area (Å²) in [6.07, 6.45) is 3.46. The number of ether oxygens (including phenoxy) is 1. The molecule has 1 aliphatic carbocycles. The van der Waals surface area contributed by atoms with Crippen LogP contribution < -0.4 is 0 Å². The normalized spacial score (nSPS) is 23.0. The van der Waals surface area contributed by atoms with Gasteiger partial charge in [0.25, 0.3) is 5.91 Å². The van der Waals surface area contributed by atoms with Crippen molar-refractivity contribution >= 4 is 11.7 Å². The Morgan fingerprint density at radius 3 is 2.59 bits per heavy atom. The molecule has 1 amide bonds. The topological polar surface area (TPSA) is 55.8 Å². The molecular formula is C12H19NO4. The van der Waals surface area contributed by atoms with E-state index in [2.05, 4.69) is 0 Å². The maximum atomic E-state index is 11.9. The van der Waals surface area contributed by atoms with Crippen molar-refractivity contribution in [2.24, 2.45) is 0 Å². The Labute approximate surface area is 101 Å². The second-order valence-corrected chi connectivity index (χ2v) is 4.56. The molecule has 2 rings (SSSR count). The molecule has 0 aromatic carbocycles. The van der Waals surface area contributed by atoms with Crippen LogP contribution in [0.1, 0.15) is 39.0 Å². The van der Waals surface area contributed by atoms with Crippen molar-refractivity contribution in [3.05, 3.63) is 0 Å². The Bertz CT molecular complexity index is 310. The molecule has 0 aromatic heterocycles. The van der Waals surface area contributed by atoms with E-state index in [1.165, 1.54) is 5.06 Å². The molecule has 2 fully saturated rings. The van der Waals surface area contributed by atoms with Crippen LogP contribution in [0, 0.1) is 0 Å². The number of hydrogen-bond acceptors (Lipinski definition) is 4. The Morgan fingerprint density at radius 2 is 1.94 bits per heavy atom. The Balaban J connectivity index is 1.97. The summed E-state index contributed by atoms with van der Waals surface area (Å²) >= 11 is 0. The smallest absolute Gasteiger partial charge is 0.254 e. The lowest BCUT2D eigenvalue weighted by atomic mass is 9.94. The fourth-order valence-electron chi connectivity index (χ4n) is 2.69. The van der Waals surface area contributed by atoms with Crippen molar-refractivity contribution in [3.63, 3.8) is 0 Å². The van der Waals surface area contributed by atoms with Crippen molar-refractivity contribution in [1.82, 2.24) is 5.06 Å². The predicted molar refractivity (Wildman–Crippen MR) is 60.1 cm³/mol. The average molecular weight is 241 g/mol. The third-order valence-electron chi connectivity index (χ3n) is 3.53. The Morgan fingerprint density at radius 1 is 1.24 bits per heavy atom. The van der Waals surface area contributed by atoms with Crippen LogP contribution in [0.4, 0.5) is 0 Å². The van der Waals surface area contributed by atoms with Crippen LogP contribution >= 0.6 is 0 Å². The maximum Gasteiger partial charge on any atom is 0.254 e. The number of nitrogens with zero attached hydrogens (tertiary/aromatic N) is 1. The van der Waals surface area contributed by atoms with Crippen molar-refractivity contribution in [3.8, 4) is 0 Å². The summed E-state index contributed by atoms with van der Waals surface area (Å²) in [7, 11) is 0. The van der Waals surface area contributed by atoms with E-state index < -0.39 is 5.54 Å². The van der Waals surface area contributed by atoms with Crippen LogP contribution in [0.2, 0.25) is 0 Å². The Hall–Kier alpha value is -0.940. The van der Waals surface area contributed by atoms with Gasteiger partial charge < -0.3 is 4.74 Å². The zero-order valence-electron chi connectivity index (χ0n) is 10.2. The fraction of sp³-hybridized carbons (Fsp3) is 0.833. The summed E-state index contributed by atoms with van der Waals surface area (Å²) < 4.78 is 5.16. The van der Waals surface area contributed by atoms with E-state index in [1.807, 2.05) is 6.92 Å². The largest absolute Gasteiger partial charge is 0.379 e. The molecule has 5 heteroatoms. The van der Waals surface area contributed by atoms with Crippen molar-refractivity contribution in [2.45, 2.75) is 44.6 Å². The first-order chi connectivity index (χ1) is 8.20. The minimum absolute atomic E-state index is 0.00532. The van der Waals surface area contributed by atoms with Gasteiger partial charge in [-0.25, -0.2) is 5.06 Å². The van der Waals surface area contributed by atoms with Gasteiger partial charge in [-0.15, -0.1) is 0 Å². The predicted octanol–water partition coefficient (Wildman–Crippen LogP) is 1.07. The molecule has 1 heterocycles. The summed E-state index contributed by atoms with van der Waals surface area (Å²) in [4.78, 5) is 29.1. The van der Waals surface area contributed by atoms with Crippen molar-refractivity contribution < 1.29 is 19.2 Å². The highest BCUT2D eigenvalue weighted by Gasteiger charge is 2.54. The molecule has 1 aliphatic heterocycles. The molecule has 2 aliphatic rings. The second kappa shape index (κ2) is 5.14. The minimum atomic E-state index is -0.650.